The molecule has 2 atom stereocenters. The average molecular weight is 292 g/mol. The van der Waals surface area contributed by atoms with Crippen molar-refractivity contribution >= 4 is 5.69 Å². The summed E-state index contributed by atoms with van der Waals surface area (Å²) in [5, 5.41) is 3.48. The molecule has 118 valence electrons. The first kappa shape index (κ1) is 16.3. The van der Waals surface area contributed by atoms with E-state index < -0.39 is 0 Å². The van der Waals surface area contributed by atoms with Gasteiger partial charge in [0.2, 0.25) is 0 Å². The van der Waals surface area contributed by atoms with Crippen LogP contribution in [-0.2, 0) is 6.54 Å². The van der Waals surface area contributed by atoms with E-state index in [1.165, 1.54) is 18.5 Å². The summed E-state index contributed by atoms with van der Waals surface area (Å²) < 4.78 is 13.7. The zero-order valence-corrected chi connectivity index (χ0v) is 14.0. The highest BCUT2D eigenvalue weighted by atomic mass is 19.1. The van der Waals surface area contributed by atoms with E-state index in [4.69, 9.17) is 0 Å². The molecule has 1 saturated heterocycles. The van der Waals surface area contributed by atoms with Gasteiger partial charge in [0.15, 0.2) is 0 Å². The number of benzene rings is 1. The molecule has 1 aromatic carbocycles. The van der Waals surface area contributed by atoms with Gasteiger partial charge >= 0.3 is 0 Å². The molecule has 0 aromatic heterocycles. The Morgan fingerprint density at radius 3 is 2.62 bits per heavy atom. The third-order valence-corrected chi connectivity index (χ3v) is 4.28. The summed E-state index contributed by atoms with van der Waals surface area (Å²) in [6, 6.07) is 5.74. The maximum absolute atomic E-state index is 13.7. The van der Waals surface area contributed by atoms with Crippen molar-refractivity contribution in [2.45, 2.75) is 65.6 Å². The second kappa shape index (κ2) is 6.35. The first-order chi connectivity index (χ1) is 9.76. The monoisotopic (exact) mass is 292 g/mol. The lowest BCUT2D eigenvalue weighted by atomic mass is 9.93. The molecular weight excluding hydrogens is 263 g/mol. The number of hydrogen-bond donors (Lipinski definition) is 1. The van der Waals surface area contributed by atoms with Crippen LogP contribution in [0.15, 0.2) is 18.2 Å². The standard InChI is InChI=1S/C18H29FN2/c1-13-6-7-14(2)21(12-13)17-9-8-16(19)10-15(17)11-20-18(3,4)5/h8-10,13-14,20H,6-7,11-12H2,1-5H3. The van der Waals surface area contributed by atoms with Crippen LogP contribution in [0, 0.1) is 11.7 Å². The van der Waals surface area contributed by atoms with Gasteiger partial charge in [0.1, 0.15) is 5.82 Å². The van der Waals surface area contributed by atoms with E-state index in [9.17, 15) is 4.39 Å². The lowest BCUT2D eigenvalue weighted by Gasteiger charge is -2.40. The van der Waals surface area contributed by atoms with Crippen LogP contribution in [-0.4, -0.2) is 18.1 Å². The fourth-order valence-electron chi connectivity index (χ4n) is 2.96. The lowest BCUT2D eigenvalue weighted by molar-refractivity contribution is 0.387. The van der Waals surface area contributed by atoms with Crippen LogP contribution in [0.1, 0.15) is 53.0 Å². The first-order valence-corrected chi connectivity index (χ1v) is 8.06. The van der Waals surface area contributed by atoms with Crippen LogP contribution in [0.5, 0.6) is 0 Å². The molecule has 0 amide bonds. The summed E-state index contributed by atoms with van der Waals surface area (Å²) in [7, 11) is 0. The third-order valence-electron chi connectivity index (χ3n) is 4.28. The highest BCUT2D eigenvalue weighted by Crippen LogP contribution is 2.30. The molecule has 2 unspecified atom stereocenters. The van der Waals surface area contributed by atoms with Crippen LogP contribution in [0.2, 0.25) is 0 Å². The van der Waals surface area contributed by atoms with Crippen molar-refractivity contribution in [2.24, 2.45) is 5.92 Å². The molecule has 0 spiro atoms. The molecule has 0 aliphatic carbocycles. The number of piperidine rings is 1. The third kappa shape index (κ3) is 4.44. The minimum atomic E-state index is -0.151. The molecular formula is C18H29FN2. The average Bonchev–Trinajstić information content (AvgIpc) is 2.39. The topological polar surface area (TPSA) is 15.3 Å². The van der Waals surface area contributed by atoms with Crippen molar-refractivity contribution in [1.29, 1.82) is 0 Å². The van der Waals surface area contributed by atoms with Crippen molar-refractivity contribution in [3.8, 4) is 0 Å². The summed E-state index contributed by atoms with van der Waals surface area (Å²) in [4.78, 5) is 2.45. The number of halogens is 1. The van der Waals surface area contributed by atoms with Crippen LogP contribution >= 0.6 is 0 Å². The summed E-state index contributed by atoms with van der Waals surface area (Å²) in [6.45, 7) is 12.8. The Morgan fingerprint density at radius 1 is 1.24 bits per heavy atom. The molecule has 0 bridgehead atoms. The summed E-state index contributed by atoms with van der Waals surface area (Å²) >= 11 is 0. The van der Waals surface area contributed by atoms with Crippen LogP contribution < -0.4 is 10.2 Å². The van der Waals surface area contributed by atoms with Gasteiger partial charge in [-0.1, -0.05) is 6.92 Å². The van der Waals surface area contributed by atoms with E-state index in [1.54, 1.807) is 12.1 Å². The summed E-state index contributed by atoms with van der Waals surface area (Å²) in [5.41, 5.74) is 2.28. The van der Waals surface area contributed by atoms with E-state index in [1.807, 2.05) is 6.07 Å². The van der Waals surface area contributed by atoms with Gasteiger partial charge in [-0.3, -0.25) is 0 Å². The molecule has 1 aliphatic rings. The molecule has 3 heteroatoms. The van der Waals surface area contributed by atoms with Crippen LogP contribution in [0.3, 0.4) is 0 Å². The van der Waals surface area contributed by atoms with Gasteiger partial charge in [-0.25, -0.2) is 4.39 Å². The molecule has 1 aromatic rings. The number of nitrogens with zero attached hydrogens (tertiary/aromatic N) is 1. The summed E-state index contributed by atoms with van der Waals surface area (Å²) in [6.07, 6.45) is 2.50. The van der Waals surface area contributed by atoms with Gasteiger partial charge in [-0.15, -0.1) is 0 Å². The second-order valence-corrected chi connectivity index (χ2v) is 7.56. The van der Waals surface area contributed by atoms with E-state index >= 15 is 0 Å². The van der Waals surface area contributed by atoms with Crippen molar-refractivity contribution in [3.05, 3.63) is 29.6 Å². The number of nitrogens with one attached hydrogen (secondary N) is 1. The number of hydrogen-bond acceptors (Lipinski definition) is 2. The largest absolute Gasteiger partial charge is 0.368 e. The van der Waals surface area contributed by atoms with Crippen molar-refractivity contribution in [1.82, 2.24) is 5.32 Å². The van der Waals surface area contributed by atoms with E-state index in [0.29, 0.717) is 18.5 Å². The number of rotatable bonds is 3. The van der Waals surface area contributed by atoms with Gasteiger partial charge in [0.05, 0.1) is 0 Å². The molecule has 1 N–H and O–H groups in total. The normalized spacial score (nSPS) is 23.4. The van der Waals surface area contributed by atoms with Gasteiger partial charge in [0, 0.05) is 30.4 Å². The Labute approximate surface area is 128 Å². The lowest BCUT2D eigenvalue weighted by Crippen LogP contribution is -2.42. The number of anilines is 1. The van der Waals surface area contributed by atoms with Gasteiger partial charge in [0.25, 0.3) is 0 Å². The van der Waals surface area contributed by atoms with E-state index in [0.717, 1.165) is 12.1 Å². The Bertz CT molecular complexity index is 479. The Morgan fingerprint density at radius 2 is 1.95 bits per heavy atom. The smallest absolute Gasteiger partial charge is 0.123 e. The quantitative estimate of drug-likeness (QED) is 0.891. The minimum absolute atomic E-state index is 0.0321. The maximum Gasteiger partial charge on any atom is 0.123 e. The SMILES string of the molecule is CC1CCC(C)N(c2ccc(F)cc2CNC(C)(C)C)C1. The van der Waals surface area contributed by atoms with Gasteiger partial charge < -0.3 is 10.2 Å². The predicted octanol–water partition coefficient (Wildman–Crippen LogP) is 4.34. The molecule has 2 rings (SSSR count). The molecule has 0 saturated carbocycles. The van der Waals surface area contributed by atoms with Crippen molar-refractivity contribution in [2.75, 3.05) is 11.4 Å². The van der Waals surface area contributed by atoms with Crippen LogP contribution in [0.4, 0.5) is 10.1 Å². The fourth-order valence-corrected chi connectivity index (χ4v) is 2.96. The van der Waals surface area contributed by atoms with Gasteiger partial charge in [-0.2, -0.15) is 0 Å². The molecule has 1 aliphatic heterocycles. The highest BCUT2D eigenvalue weighted by molar-refractivity contribution is 5.55. The predicted molar refractivity (Wildman–Crippen MR) is 88.2 cm³/mol. The van der Waals surface area contributed by atoms with Crippen LogP contribution in [0.25, 0.3) is 0 Å². The van der Waals surface area contributed by atoms with Gasteiger partial charge in [-0.05, 0) is 70.2 Å². The Kier molecular flexibility index (Phi) is 4.92. The fraction of sp³-hybridized carbons (Fsp3) is 0.667. The zero-order chi connectivity index (χ0) is 15.6. The molecule has 1 heterocycles. The molecule has 1 fully saturated rings. The Balaban J connectivity index is 2.25. The summed E-state index contributed by atoms with van der Waals surface area (Å²) in [5.74, 6) is 0.553. The van der Waals surface area contributed by atoms with E-state index in [-0.39, 0.29) is 11.4 Å². The Hall–Kier alpha value is -1.09. The first-order valence-electron chi connectivity index (χ1n) is 8.06. The highest BCUT2D eigenvalue weighted by Gasteiger charge is 2.25. The second-order valence-electron chi connectivity index (χ2n) is 7.56. The van der Waals surface area contributed by atoms with Crippen molar-refractivity contribution < 1.29 is 4.39 Å². The molecule has 21 heavy (non-hydrogen) atoms. The van der Waals surface area contributed by atoms with Crippen molar-refractivity contribution in [3.63, 3.8) is 0 Å². The minimum Gasteiger partial charge on any atom is -0.368 e. The van der Waals surface area contributed by atoms with E-state index in [2.05, 4.69) is 44.8 Å². The maximum atomic E-state index is 13.7. The zero-order valence-electron chi connectivity index (χ0n) is 14.0. The molecule has 2 nitrogen and oxygen atoms in total. The molecule has 0 radical (unpaired) electrons.